The number of benzene rings is 1. The first-order valence-electron chi connectivity index (χ1n) is 4.85. The molecule has 0 saturated heterocycles. The lowest BCUT2D eigenvalue weighted by molar-refractivity contribution is -0.137. The van der Waals surface area contributed by atoms with E-state index < -0.39 is 11.7 Å². The Morgan fingerprint density at radius 3 is 1.73 bits per heavy atom. The first-order valence-corrected chi connectivity index (χ1v) is 4.85. The van der Waals surface area contributed by atoms with Crippen molar-refractivity contribution in [3.8, 4) is 0 Å². The topological polar surface area (TPSA) is 0 Å². The van der Waals surface area contributed by atoms with Gasteiger partial charge in [-0.25, -0.2) is 0 Å². The van der Waals surface area contributed by atoms with Crippen LogP contribution in [0.15, 0.2) is 24.3 Å². The predicted molar refractivity (Wildman–Crippen MR) is 54.6 cm³/mol. The molecule has 0 amide bonds. The SMILES string of the molecule is CC(C)(C)Cc1ccc(C(F)(F)F)cc1. The fourth-order valence-corrected chi connectivity index (χ4v) is 1.42. The van der Waals surface area contributed by atoms with Crippen molar-refractivity contribution in [3.63, 3.8) is 0 Å². The molecule has 1 aromatic rings. The highest BCUT2D eigenvalue weighted by Crippen LogP contribution is 2.30. The summed E-state index contributed by atoms with van der Waals surface area (Å²) in [5.41, 5.74) is 0.454. The average molecular weight is 216 g/mol. The molecule has 0 unspecified atom stereocenters. The molecule has 0 aliphatic rings. The Morgan fingerprint density at radius 2 is 1.40 bits per heavy atom. The van der Waals surface area contributed by atoms with Gasteiger partial charge < -0.3 is 0 Å². The summed E-state index contributed by atoms with van der Waals surface area (Å²) in [6.07, 6.45) is -3.45. The highest BCUT2D eigenvalue weighted by atomic mass is 19.4. The Kier molecular flexibility index (Phi) is 3.12. The maximum absolute atomic E-state index is 12.3. The second-order valence-corrected chi connectivity index (χ2v) is 4.93. The van der Waals surface area contributed by atoms with Gasteiger partial charge in [0.25, 0.3) is 0 Å². The molecule has 0 N–H and O–H groups in total. The van der Waals surface area contributed by atoms with Gasteiger partial charge in [-0.1, -0.05) is 32.9 Å². The van der Waals surface area contributed by atoms with E-state index in [4.69, 9.17) is 0 Å². The molecule has 15 heavy (non-hydrogen) atoms. The van der Waals surface area contributed by atoms with Gasteiger partial charge in [-0.3, -0.25) is 0 Å². The lowest BCUT2D eigenvalue weighted by Crippen LogP contribution is -2.10. The predicted octanol–water partition coefficient (Wildman–Crippen LogP) is 4.29. The fraction of sp³-hybridized carbons (Fsp3) is 0.500. The molecule has 0 nitrogen and oxygen atoms in total. The molecule has 0 aromatic heterocycles. The van der Waals surface area contributed by atoms with Gasteiger partial charge in [0, 0.05) is 0 Å². The first-order chi connectivity index (χ1) is 6.68. The summed E-state index contributed by atoms with van der Waals surface area (Å²) in [4.78, 5) is 0. The van der Waals surface area contributed by atoms with Crippen LogP contribution in [0.25, 0.3) is 0 Å². The van der Waals surface area contributed by atoms with E-state index in [0.717, 1.165) is 24.1 Å². The summed E-state index contributed by atoms with van der Waals surface area (Å²) in [6, 6.07) is 5.38. The van der Waals surface area contributed by atoms with Crippen LogP contribution >= 0.6 is 0 Å². The van der Waals surface area contributed by atoms with Crippen LogP contribution in [-0.4, -0.2) is 0 Å². The summed E-state index contributed by atoms with van der Waals surface area (Å²) < 4.78 is 36.8. The van der Waals surface area contributed by atoms with Gasteiger partial charge in [0.05, 0.1) is 5.56 Å². The van der Waals surface area contributed by atoms with Crippen molar-refractivity contribution in [2.45, 2.75) is 33.4 Å². The zero-order valence-corrected chi connectivity index (χ0v) is 9.15. The Balaban J connectivity index is 2.82. The molecule has 1 aromatic carbocycles. The van der Waals surface area contributed by atoms with E-state index in [-0.39, 0.29) is 5.41 Å². The molecule has 0 aliphatic heterocycles. The van der Waals surface area contributed by atoms with Gasteiger partial charge in [-0.05, 0) is 29.5 Å². The van der Waals surface area contributed by atoms with E-state index in [1.807, 2.05) is 0 Å². The first kappa shape index (κ1) is 12.1. The van der Waals surface area contributed by atoms with E-state index >= 15 is 0 Å². The minimum absolute atomic E-state index is 0.0970. The van der Waals surface area contributed by atoms with E-state index in [2.05, 4.69) is 20.8 Å². The third kappa shape index (κ3) is 3.94. The molecule has 0 fully saturated rings. The van der Waals surface area contributed by atoms with Gasteiger partial charge in [0.2, 0.25) is 0 Å². The lowest BCUT2D eigenvalue weighted by atomic mass is 9.88. The van der Waals surface area contributed by atoms with Crippen molar-refractivity contribution in [1.29, 1.82) is 0 Å². The van der Waals surface area contributed by atoms with Gasteiger partial charge >= 0.3 is 6.18 Å². The Hall–Kier alpha value is -0.990. The van der Waals surface area contributed by atoms with Crippen LogP contribution in [0.4, 0.5) is 13.2 Å². The van der Waals surface area contributed by atoms with Gasteiger partial charge in [-0.2, -0.15) is 13.2 Å². The zero-order chi connectivity index (χ0) is 11.7. The molecule has 0 bridgehead atoms. The molecule has 1 rings (SSSR count). The van der Waals surface area contributed by atoms with Crippen LogP contribution in [0.2, 0.25) is 0 Å². The fourth-order valence-electron chi connectivity index (χ4n) is 1.42. The second kappa shape index (κ2) is 3.87. The number of alkyl halides is 3. The lowest BCUT2D eigenvalue weighted by Gasteiger charge is -2.18. The number of hydrogen-bond donors (Lipinski definition) is 0. The molecule has 0 atom stereocenters. The van der Waals surface area contributed by atoms with Crippen molar-refractivity contribution < 1.29 is 13.2 Å². The number of halogens is 3. The van der Waals surface area contributed by atoms with E-state index in [1.54, 1.807) is 12.1 Å². The maximum atomic E-state index is 12.3. The highest BCUT2D eigenvalue weighted by Gasteiger charge is 2.30. The molecular formula is C12H15F3. The quantitative estimate of drug-likeness (QED) is 0.656. The standard InChI is InChI=1S/C12H15F3/c1-11(2,3)8-9-4-6-10(7-5-9)12(13,14)15/h4-7H,8H2,1-3H3. The van der Waals surface area contributed by atoms with Crippen molar-refractivity contribution >= 4 is 0 Å². The summed E-state index contributed by atoms with van der Waals surface area (Å²) in [7, 11) is 0. The third-order valence-electron chi connectivity index (χ3n) is 2.02. The van der Waals surface area contributed by atoms with Crippen LogP contribution in [0, 0.1) is 5.41 Å². The van der Waals surface area contributed by atoms with Crippen molar-refractivity contribution in [2.75, 3.05) is 0 Å². The zero-order valence-electron chi connectivity index (χ0n) is 9.15. The smallest absolute Gasteiger partial charge is 0.166 e. The minimum Gasteiger partial charge on any atom is -0.166 e. The normalized spacial score (nSPS) is 12.9. The largest absolute Gasteiger partial charge is 0.416 e. The number of rotatable bonds is 1. The van der Waals surface area contributed by atoms with Gasteiger partial charge in [0.15, 0.2) is 0 Å². The van der Waals surface area contributed by atoms with E-state index in [0.29, 0.717) is 0 Å². The third-order valence-corrected chi connectivity index (χ3v) is 2.02. The Morgan fingerprint density at radius 1 is 0.933 bits per heavy atom. The molecule has 0 spiro atoms. The molecule has 0 saturated carbocycles. The molecule has 84 valence electrons. The van der Waals surface area contributed by atoms with E-state index in [1.165, 1.54) is 0 Å². The van der Waals surface area contributed by atoms with Crippen LogP contribution in [0.1, 0.15) is 31.9 Å². The van der Waals surface area contributed by atoms with Gasteiger partial charge in [0.1, 0.15) is 0 Å². The summed E-state index contributed by atoms with van der Waals surface area (Å²) in [5, 5.41) is 0. The summed E-state index contributed by atoms with van der Waals surface area (Å²) in [5.74, 6) is 0. The summed E-state index contributed by atoms with van der Waals surface area (Å²) >= 11 is 0. The molecule has 0 heterocycles. The van der Waals surface area contributed by atoms with Crippen LogP contribution in [-0.2, 0) is 12.6 Å². The monoisotopic (exact) mass is 216 g/mol. The number of hydrogen-bond acceptors (Lipinski definition) is 0. The Labute approximate surface area is 88.1 Å². The van der Waals surface area contributed by atoms with Gasteiger partial charge in [-0.15, -0.1) is 0 Å². The Bertz CT molecular complexity index is 314. The average Bonchev–Trinajstić information content (AvgIpc) is 2.00. The van der Waals surface area contributed by atoms with Crippen molar-refractivity contribution in [3.05, 3.63) is 35.4 Å². The van der Waals surface area contributed by atoms with Crippen LogP contribution in [0.3, 0.4) is 0 Å². The minimum atomic E-state index is -4.24. The highest BCUT2D eigenvalue weighted by molar-refractivity contribution is 5.25. The van der Waals surface area contributed by atoms with Crippen LogP contribution in [0.5, 0.6) is 0 Å². The summed E-state index contributed by atoms with van der Waals surface area (Å²) in [6.45, 7) is 6.18. The van der Waals surface area contributed by atoms with Crippen LogP contribution < -0.4 is 0 Å². The molecule has 0 radical (unpaired) electrons. The second-order valence-electron chi connectivity index (χ2n) is 4.93. The molecule has 0 aliphatic carbocycles. The van der Waals surface area contributed by atoms with E-state index in [9.17, 15) is 13.2 Å². The maximum Gasteiger partial charge on any atom is 0.416 e. The van der Waals surface area contributed by atoms with Crippen molar-refractivity contribution in [1.82, 2.24) is 0 Å². The molecule has 3 heteroatoms. The molecular weight excluding hydrogens is 201 g/mol. The van der Waals surface area contributed by atoms with Crippen molar-refractivity contribution in [2.24, 2.45) is 5.41 Å².